The molecule has 2 fully saturated rings. The summed E-state index contributed by atoms with van der Waals surface area (Å²) in [5.41, 5.74) is 9.06. The lowest BCUT2D eigenvalue weighted by Crippen LogP contribution is -2.56. The van der Waals surface area contributed by atoms with Gasteiger partial charge in [-0.05, 0) is 36.6 Å². The number of rotatable bonds is 7. The molecule has 0 amide bonds. The highest BCUT2D eigenvalue weighted by atomic mass is 32.2. The van der Waals surface area contributed by atoms with E-state index in [1.165, 1.54) is 12.5 Å². The maximum absolute atomic E-state index is 12.0. The minimum atomic E-state index is -3.22. The molecule has 1 aromatic carbocycles. The first kappa shape index (κ1) is 20.5. The molecular weight excluding hydrogens is 428 g/mol. The average Bonchev–Trinajstić information content (AvgIpc) is 3.41. The molecule has 11 heteroatoms. The Morgan fingerprint density at radius 2 is 2.06 bits per heavy atom. The van der Waals surface area contributed by atoms with Gasteiger partial charge in [0.25, 0.3) is 0 Å². The summed E-state index contributed by atoms with van der Waals surface area (Å²) in [6, 6.07) is 10.1. The van der Waals surface area contributed by atoms with Crippen LogP contribution >= 0.6 is 0 Å². The molecule has 1 saturated carbocycles. The maximum Gasteiger partial charge on any atom is 0.177 e. The number of sulfone groups is 1. The van der Waals surface area contributed by atoms with E-state index >= 15 is 0 Å². The van der Waals surface area contributed by atoms with E-state index in [0.717, 1.165) is 24.3 Å². The van der Waals surface area contributed by atoms with Crippen molar-refractivity contribution in [2.75, 3.05) is 34.9 Å². The van der Waals surface area contributed by atoms with Crippen LogP contribution in [-0.4, -0.2) is 54.4 Å². The second-order valence-corrected chi connectivity index (χ2v) is 10.7. The first-order valence-electron chi connectivity index (χ1n) is 10.4. The molecule has 166 valence electrons. The van der Waals surface area contributed by atoms with Gasteiger partial charge in [-0.2, -0.15) is 14.9 Å². The predicted molar refractivity (Wildman–Crippen MR) is 123 cm³/mol. The summed E-state index contributed by atoms with van der Waals surface area (Å²) in [5.74, 6) is 1.23. The van der Waals surface area contributed by atoms with E-state index in [9.17, 15) is 13.7 Å². The molecule has 3 aromatic rings. The molecule has 0 unspecified atom stereocenters. The summed E-state index contributed by atoms with van der Waals surface area (Å²) >= 11 is 0. The maximum atomic E-state index is 12.0. The predicted octanol–water partition coefficient (Wildman–Crippen LogP) is 1.61. The van der Waals surface area contributed by atoms with E-state index in [-0.39, 0.29) is 11.8 Å². The Morgan fingerprint density at radius 1 is 1.28 bits per heavy atom. The quantitative estimate of drug-likeness (QED) is 0.487. The Hall–Kier alpha value is -3.36. The van der Waals surface area contributed by atoms with E-state index in [2.05, 4.69) is 31.7 Å². The van der Waals surface area contributed by atoms with Gasteiger partial charge >= 0.3 is 0 Å². The number of nitrogens with zero attached hydrogens (tertiary/aromatic N) is 5. The van der Waals surface area contributed by atoms with Crippen LogP contribution in [0.2, 0.25) is 0 Å². The Labute approximate surface area is 186 Å². The normalized spacial score (nSPS) is 16.6. The molecule has 4 N–H and O–H groups in total. The van der Waals surface area contributed by atoms with Gasteiger partial charge in [-0.3, -0.25) is 0 Å². The third-order valence-electron chi connectivity index (χ3n) is 5.54. The molecule has 5 rings (SSSR count). The number of aromatic nitrogens is 3. The number of hydrogen-bond acceptors (Lipinski definition) is 9. The van der Waals surface area contributed by atoms with Crippen LogP contribution in [0.3, 0.4) is 0 Å². The fourth-order valence-corrected chi connectivity index (χ4v) is 4.67. The third kappa shape index (κ3) is 4.19. The van der Waals surface area contributed by atoms with Crippen LogP contribution in [0, 0.1) is 11.3 Å². The Bertz CT molecular complexity index is 1330. The Balaban J connectivity index is 1.50. The smallest absolute Gasteiger partial charge is 0.177 e. The Kier molecular flexibility index (Phi) is 4.91. The van der Waals surface area contributed by atoms with Crippen LogP contribution in [0.4, 0.5) is 23.0 Å². The van der Waals surface area contributed by atoms with E-state index in [1.54, 1.807) is 4.52 Å². The van der Waals surface area contributed by atoms with Gasteiger partial charge in [0.1, 0.15) is 23.3 Å². The summed E-state index contributed by atoms with van der Waals surface area (Å²) in [7, 11) is -3.22. The summed E-state index contributed by atoms with van der Waals surface area (Å²) in [6.45, 7) is 1.41. The van der Waals surface area contributed by atoms with Gasteiger partial charge in [0.05, 0.1) is 11.9 Å². The van der Waals surface area contributed by atoms with Crippen molar-refractivity contribution in [2.45, 2.75) is 30.7 Å². The molecule has 2 aliphatic rings. The lowest BCUT2D eigenvalue weighted by atomic mass is 10.1. The van der Waals surface area contributed by atoms with Gasteiger partial charge in [-0.1, -0.05) is 0 Å². The molecule has 1 saturated heterocycles. The van der Waals surface area contributed by atoms with Gasteiger partial charge in [-0.25, -0.2) is 13.4 Å². The minimum absolute atomic E-state index is 0.0637. The van der Waals surface area contributed by atoms with Crippen molar-refractivity contribution in [1.82, 2.24) is 14.6 Å². The molecule has 0 bridgehead atoms. The fraction of sp³-hybridized carbons (Fsp3) is 0.381. The number of nitrogens with one attached hydrogen (secondary N) is 2. The van der Waals surface area contributed by atoms with Crippen LogP contribution in [0.25, 0.3) is 5.65 Å². The van der Waals surface area contributed by atoms with Crippen LogP contribution in [-0.2, 0) is 15.6 Å². The minimum Gasteiger partial charge on any atom is -0.368 e. The lowest BCUT2D eigenvalue weighted by molar-refractivity contribution is 0.518. The first-order chi connectivity index (χ1) is 15.3. The standard InChI is InChI=1S/C21H24N8O2S/c1-32(30,31)12-13-6-17(4-5-18(13)28-10-15(23)11-28)25-19-7-20(26-16-2-3-16)29-21(27-19)14(8-22)9-24-29/h4-7,9,15-16,26H,2-3,10-12,23H2,1H3,(H,25,27). The third-order valence-corrected chi connectivity index (χ3v) is 6.38. The SMILES string of the molecule is CS(=O)(=O)Cc1cc(Nc2cc(NC3CC3)n3ncc(C#N)c3n2)ccc1N1CC(N)C1. The highest BCUT2D eigenvalue weighted by molar-refractivity contribution is 7.89. The van der Waals surface area contributed by atoms with Crippen LogP contribution in [0.5, 0.6) is 0 Å². The van der Waals surface area contributed by atoms with Crippen molar-refractivity contribution in [3.63, 3.8) is 0 Å². The number of anilines is 4. The average molecular weight is 453 g/mol. The van der Waals surface area contributed by atoms with Gasteiger partial charge in [-0.15, -0.1) is 0 Å². The van der Waals surface area contributed by atoms with Gasteiger partial charge < -0.3 is 21.3 Å². The number of nitriles is 1. The Morgan fingerprint density at radius 3 is 2.72 bits per heavy atom. The highest BCUT2D eigenvalue weighted by Crippen LogP contribution is 2.31. The highest BCUT2D eigenvalue weighted by Gasteiger charge is 2.26. The number of hydrogen-bond donors (Lipinski definition) is 3. The van der Waals surface area contributed by atoms with Crippen molar-refractivity contribution < 1.29 is 8.42 Å². The van der Waals surface area contributed by atoms with Crippen molar-refractivity contribution >= 4 is 38.5 Å². The largest absolute Gasteiger partial charge is 0.368 e. The summed E-state index contributed by atoms with van der Waals surface area (Å²) in [5, 5.41) is 20.4. The fourth-order valence-electron chi connectivity index (χ4n) is 3.87. The van der Waals surface area contributed by atoms with E-state index in [4.69, 9.17) is 5.73 Å². The molecule has 3 heterocycles. The van der Waals surface area contributed by atoms with Gasteiger partial charge in [0, 0.05) is 48.9 Å². The molecule has 0 spiro atoms. The number of nitrogens with two attached hydrogens (primary N) is 1. The molecule has 1 aliphatic heterocycles. The molecule has 10 nitrogen and oxygen atoms in total. The monoisotopic (exact) mass is 452 g/mol. The van der Waals surface area contributed by atoms with Crippen molar-refractivity contribution in [1.29, 1.82) is 5.26 Å². The summed E-state index contributed by atoms with van der Waals surface area (Å²) in [4.78, 5) is 6.66. The topological polar surface area (TPSA) is 141 Å². The zero-order chi connectivity index (χ0) is 22.5. The zero-order valence-corrected chi connectivity index (χ0v) is 18.4. The van der Waals surface area contributed by atoms with E-state index < -0.39 is 9.84 Å². The number of fused-ring (bicyclic) bond motifs is 1. The molecule has 0 radical (unpaired) electrons. The van der Waals surface area contributed by atoms with Crippen LogP contribution in [0.15, 0.2) is 30.5 Å². The summed E-state index contributed by atoms with van der Waals surface area (Å²) in [6.07, 6.45) is 4.92. The summed E-state index contributed by atoms with van der Waals surface area (Å²) < 4.78 is 25.7. The number of benzene rings is 1. The molecule has 2 aromatic heterocycles. The van der Waals surface area contributed by atoms with Crippen molar-refractivity contribution in [3.8, 4) is 6.07 Å². The molecule has 1 aliphatic carbocycles. The van der Waals surface area contributed by atoms with Crippen LogP contribution < -0.4 is 21.3 Å². The van der Waals surface area contributed by atoms with Crippen molar-refractivity contribution in [2.24, 2.45) is 5.73 Å². The second kappa shape index (κ2) is 7.65. The molecule has 0 atom stereocenters. The van der Waals surface area contributed by atoms with E-state index in [1.807, 2.05) is 24.3 Å². The van der Waals surface area contributed by atoms with Gasteiger partial charge in [0.15, 0.2) is 15.5 Å². The first-order valence-corrected chi connectivity index (χ1v) is 12.5. The van der Waals surface area contributed by atoms with E-state index in [0.29, 0.717) is 47.4 Å². The lowest BCUT2D eigenvalue weighted by Gasteiger charge is -2.40. The van der Waals surface area contributed by atoms with Crippen LogP contribution in [0.1, 0.15) is 24.0 Å². The van der Waals surface area contributed by atoms with Gasteiger partial charge in [0.2, 0.25) is 0 Å². The molecular formula is C21H24N8O2S. The second-order valence-electron chi connectivity index (χ2n) is 8.55. The van der Waals surface area contributed by atoms with Crippen molar-refractivity contribution in [3.05, 3.63) is 41.6 Å². The molecule has 32 heavy (non-hydrogen) atoms. The zero-order valence-electron chi connectivity index (χ0n) is 17.6.